The zero-order valence-electron chi connectivity index (χ0n) is 15.4. The molecule has 1 amide bonds. The molecule has 1 aliphatic rings. The van der Waals surface area contributed by atoms with E-state index in [4.69, 9.17) is 15.7 Å². The summed E-state index contributed by atoms with van der Waals surface area (Å²) in [6.07, 6.45) is -0.291. The number of ether oxygens (including phenoxy) is 1. The van der Waals surface area contributed by atoms with Gasteiger partial charge in [-0.05, 0) is 38.5 Å². The molecule has 0 saturated carbocycles. The van der Waals surface area contributed by atoms with Crippen molar-refractivity contribution in [3.05, 3.63) is 35.4 Å². The molecule has 1 aliphatic heterocycles. The largest absolute Gasteiger partial charge is 0.444 e. The monoisotopic (exact) mass is 471 g/mol. The molecule has 0 aliphatic carbocycles. The smallest absolute Gasteiger partial charge is 0.410 e. The molecule has 1 fully saturated rings. The number of amides is 1. The lowest BCUT2D eigenvalue weighted by Gasteiger charge is -2.36. The third-order valence-electron chi connectivity index (χ3n) is 3.76. The van der Waals surface area contributed by atoms with Crippen molar-refractivity contribution in [2.75, 3.05) is 26.2 Å². The lowest BCUT2D eigenvalue weighted by Crippen LogP contribution is -2.53. The van der Waals surface area contributed by atoms with E-state index >= 15 is 0 Å². The summed E-state index contributed by atoms with van der Waals surface area (Å²) >= 11 is 0. The first-order valence-corrected chi connectivity index (χ1v) is 8.30. The molecular weight excluding hydrogens is 445 g/mol. The van der Waals surface area contributed by atoms with Crippen molar-refractivity contribution in [1.29, 1.82) is 5.26 Å². The molecule has 142 valence electrons. The SMILES string of the molecule is CC(C)(C)OC(=O)N1CCN(C(N)=NCc2ccc(C#N)cc2)CC1.I. The predicted molar refractivity (Wildman–Crippen MR) is 111 cm³/mol. The van der Waals surface area contributed by atoms with Crippen LogP contribution in [0.15, 0.2) is 29.3 Å². The fraction of sp³-hybridized carbons (Fsp3) is 0.500. The van der Waals surface area contributed by atoms with Crippen LogP contribution < -0.4 is 5.73 Å². The normalized spacial score (nSPS) is 15.1. The van der Waals surface area contributed by atoms with Crippen LogP contribution in [0.3, 0.4) is 0 Å². The number of carbonyl (C=O) groups excluding carboxylic acids is 1. The number of rotatable bonds is 2. The summed E-state index contributed by atoms with van der Waals surface area (Å²) in [5, 5.41) is 8.80. The Labute approximate surface area is 171 Å². The highest BCUT2D eigenvalue weighted by molar-refractivity contribution is 14.0. The van der Waals surface area contributed by atoms with Crippen LogP contribution in [-0.4, -0.2) is 53.6 Å². The highest BCUT2D eigenvalue weighted by Crippen LogP contribution is 2.12. The van der Waals surface area contributed by atoms with Gasteiger partial charge in [-0.1, -0.05) is 12.1 Å². The first-order valence-electron chi connectivity index (χ1n) is 8.30. The van der Waals surface area contributed by atoms with Gasteiger partial charge in [-0.3, -0.25) is 0 Å². The molecule has 1 aromatic carbocycles. The maximum absolute atomic E-state index is 12.1. The molecule has 8 heteroatoms. The van der Waals surface area contributed by atoms with Gasteiger partial charge in [-0.25, -0.2) is 9.79 Å². The molecule has 26 heavy (non-hydrogen) atoms. The second kappa shape index (κ2) is 9.62. The Morgan fingerprint density at radius 1 is 1.19 bits per heavy atom. The van der Waals surface area contributed by atoms with E-state index in [0.717, 1.165) is 5.56 Å². The average Bonchev–Trinajstić information content (AvgIpc) is 2.58. The average molecular weight is 471 g/mol. The van der Waals surface area contributed by atoms with E-state index in [2.05, 4.69) is 11.1 Å². The Balaban J connectivity index is 0.00000338. The van der Waals surface area contributed by atoms with Crippen LogP contribution in [0.1, 0.15) is 31.9 Å². The van der Waals surface area contributed by atoms with Crippen molar-refractivity contribution < 1.29 is 9.53 Å². The van der Waals surface area contributed by atoms with E-state index in [1.807, 2.05) is 37.8 Å². The zero-order chi connectivity index (χ0) is 18.4. The van der Waals surface area contributed by atoms with Crippen molar-refractivity contribution in [2.45, 2.75) is 32.9 Å². The van der Waals surface area contributed by atoms with Crippen LogP contribution in [0, 0.1) is 11.3 Å². The number of halogens is 1. The third kappa shape index (κ3) is 6.71. The number of carbonyl (C=O) groups is 1. The Kier molecular flexibility index (Phi) is 8.14. The van der Waals surface area contributed by atoms with Crippen molar-refractivity contribution >= 4 is 36.0 Å². The maximum Gasteiger partial charge on any atom is 0.410 e. The van der Waals surface area contributed by atoms with E-state index in [9.17, 15) is 4.79 Å². The summed E-state index contributed by atoms with van der Waals surface area (Å²) in [5.41, 5.74) is 7.19. The van der Waals surface area contributed by atoms with Gasteiger partial charge in [-0.2, -0.15) is 5.26 Å². The topological polar surface area (TPSA) is 94.9 Å². The minimum absolute atomic E-state index is 0. The summed E-state index contributed by atoms with van der Waals surface area (Å²) in [6, 6.07) is 9.36. The lowest BCUT2D eigenvalue weighted by atomic mass is 10.1. The number of piperazine rings is 1. The first kappa shape index (κ1) is 22.0. The van der Waals surface area contributed by atoms with Crippen molar-refractivity contribution in [3.8, 4) is 6.07 Å². The molecule has 1 saturated heterocycles. The molecular formula is C18H26IN5O2. The zero-order valence-corrected chi connectivity index (χ0v) is 17.8. The summed E-state index contributed by atoms with van der Waals surface area (Å²) in [4.78, 5) is 20.1. The van der Waals surface area contributed by atoms with Crippen molar-refractivity contribution in [2.24, 2.45) is 10.7 Å². The van der Waals surface area contributed by atoms with E-state index in [1.54, 1.807) is 17.0 Å². The van der Waals surface area contributed by atoms with Crippen molar-refractivity contribution in [3.63, 3.8) is 0 Å². The molecule has 2 N–H and O–H groups in total. The number of nitrogens with two attached hydrogens (primary N) is 1. The van der Waals surface area contributed by atoms with E-state index in [-0.39, 0.29) is 30.1 Å². The molecule has 7 nitrogen and oxygen atoms in total. The van der Waals surface area contributed by atoms with Crippen LogP contribution in [-0.2, 0) is 11.3 Å². The maximum atomic E-state index is 12.1. The molecule has 0 radical (unpaired) electrons. The van der Waals surface area contributed by atoms with Crippen LogP contribution in [0.4, 0.5) is 4.79 Å². The molecule has 0 atom stereocenters. The van der Waals surface area contributed by atoms with Gasteiger partial charge in [0.2, 0.25) is 0 Å². The van der Waals surface area contributed by atoms with Gasteiger partial charge in [0.1, 0.15) is 5.60 Å². The Hall–Kier alpha value is -2.02. The van der Waals surface area contributed by atoms with Crippen molar-refractivity contribution in [1.82, 2.24) is 9.80 Å². The molecule has 1 heterocycles. The van der Waals surface area contributed by atoms with Gasteiger partial charge in [0.05, 0.1) is 18.2 Å². The Morgan fingerprint density at radius 3 is 2.23 bits per heavy atom. The quantitative estimate of drug-likeness (QED) is 0.407. The van der Waals surface area contributed by atoms with Gasteiger partial charge in [-0.15, -0.1) is 24.0 Å². The Bertz CT molecular complexity index is 668. The Morgan fingerprint density at radius 2 is 1.73 bits per heavy atom. The highest BCUT2D eigenvalue weighted by Gasteiger charge is 2.26. The van der Waals surface area contributed by atoms with Gasteiger partial charge in [0.15, 0.2) is 5.96 Å². The lowest BCUT2D eigenvalue weighted by molar-refractivity contribution is 0.0186. The molecule has 0 bridgehead atoms. The molecule has 0 spiro atoms. The molecule has 0 unspecified atom stereocenters. The van der Waals surface area contributed by atoms with Crippen LogP contribution in [0.5, 0.6) is 0 Å². The van der Waals surface area contributed by atoms with E-state index in [0.29, 0.717) is 44.2 Å². The van der Waals surface area contributed by atoms with Crippen LogP contribution >= 0.6 is 24.0 Å². The standard InChI is InChI=1S/C18H25N5O2.HI/c1-18(2,3)25-17(24)23-10-8-22(9-11-23)16(20)21-13-15-6-4-14(12-19)5-7-15;/h4-7H,8-11,13H2,1-3H3,(H2,20,21);1H. The summed E-state index contributed by atoms with van der Waals surface area (Å²) in [5.74, 6) is 0.466. The van der Waals surface area contributed by atoms with Gasteiger partial charge in [0.25, 0.3) is 0 Å². The fourth-order valence-corrected chi connectivity index (χ4v) is 2.40. The number of nitriles is 1. The minimum atomic E-state index is -0.490. The number of nitrogens with zero attached hydrogens (tertiary/aromatic N) is 4. The summed E-state index contributed by atoms with van der Waals surface area (Å²) in [7, 11) is 0. The fourth-order valence-electron chi connectivity index (χ4n) is 2.40. The number of guanidine groups is 1. The minimum Gasteiger partial charge on any atom is -0.444 e. The van der Waals surface area contributed by atoms with E-state index < -0.39 is 5.60 Å². The molecule has 0 aromatic heterocycles. The first-order chi connectivity index (χ1) is 11.8. The van der Waals surface area contributed by atoms with Gasteiger partial charge < -0.3 is 20.3 Å². The number of aliphatic imine (C=N–C) groups is 1. The van der Waals surface area contributed by atoms with Gasteiger partial charge >= 0.3 is 6.09 Å². The number of benzene rings is 1. The predicted octanol–water partition coefficient (Wildman–Crippen LogP) is 2.54. The van der Waals surface area contributed by atoms with E-state index in [1.165, 1.54) is 0 Å². The van der Waals surface area contributed by atoms with Crippen LogP contribution in [0.2, 0.25) is 0 Å². The number of hydrogen-bond donors (Lipinski definition) is 1. The molecule has 2 rings (SSSR count). The van der Waals surface area contributed by atoms with Crippen LogP contribution in [0.25, 0.3) is 0 Å². The second-order valence-electron chi connectivity index (χ2n) is 6.94. The third-order valence-corrected chi connectivity index (χ3v) is 3.76. The second-order valence-corrected chi connectivity index (χ2v) is 6.94. The summed E-state index contributed by atoms with van der Waals surface area (Å²) in [6.45, 7) is 8.40. The number of hydrogen-bond acceptors (Lipinski definition) is 4. The highest BCUT2D eigenvalue weighted by atomic mass is 127. The summed E-state index contributed by atoms with van der Waals surface area (Å²) < 4.78 is 5.38. The molecule has 1 aromatic rings. The van der Waals surface area contributed by atoms with Gasteiger partial charge in [0, 0.05) is 26.2 Å².